The van der Waals surface area contributed by atoms with E-state index in [1.54, 1.807) is 24.4 Å². The lowest BCUT2D eigenvalue weighted by molar-refractivity contribution is -0.140. The lowest BCUT2D eigenvalue weighted by atomic mass is 9.91. The summed E-state index contributed by atoms with van der Waals surface area (Å²) in [5.74, 6) is -1.43. The number of pyridine rings is 1. The van der Waals surface area contributed by atoms with Gasteiger partial charge in [0.1, 0.15) is 5.65 Å². The van der Waals surface area contributed by atoms with E-state index >= 15 is 0 Å². The lowest BCUT2D eigenvalue weighted by Gasteiger charge is -2.16. The Morgan fingerprint density at radius 1 is 1.43 bits per heavy atom. The molecule has 0 aliphatic carbocycles. The third-order valence-electron chi connectivity index (χ3n) is 3.64. The van der Waals surface area contributed by atoms with Gasteiger partial charge in [-0.15, -0.1) is 0 Å². The van der Waals surface area contributed by atoms with Crippen molar-refractivity contribution in [3.05, 3.63) is 62.7 Å². The number of esters is 1. The topological polar surface area (TPSA) is 80.9 Å². The summed E-state index contributed by atoms with van der Waals surface area (Å²) in [6.45, 7) is 0. The number of aromatic nitrogens is 2. The Morgan fingerprint density at radius 3 is 2.96 bits per heavy atom. The van der Waals surface area contributed by atoms with Crippen LogP contribution in [0.15, 0.2) is 46.0 Å². The van der Waals surface area contributed by atoms with Gasteiger partial charge in [-0.25, -0.2) is 0 Å². The van der Waals surface area contributed by atoms with Gasteiger partial charge in [0.25, 0.3) is 5.56 Å². The molecule has 0 saturated carbocycles. The fourth-order valence-electron chi connectivity index (χ4n) is 2.51. The molecule has 6 nitrogen and oxygen atoms in total. The van der Waals surface area contributed by atoms with E-state index in [-0.39, 0.29) is 17.9 Å². The van der Waals surface area contributed by atoms with Crippen LogP contribution in [0.4, 0.5) is 0 Å². The van der Waals surface area contributed by atoms with Gasteiger partial charge < -0.3 is 9.84 Å². The molecule has 3 heterocycles. The van der Waals surface area contributed by atoms with Gasteiger partial charge in [-0.05, 0) is 34.5 Å². The van der Waals surface area contributed by atoms with Gasteiger partial charge in [0.2, 0.25) is 5.88 Å². The van der Waals surface area contributed by atoms with Crippen LogP contribution in [0.1, 0.15) is 23.5 Å². The molecule has 0 bridgehead atoms. The third-order valence-corrected chi connectivity index (χ3v) is 4.34. The number of aromatic hydroxyl groups is 1. The Kier molecular flexibility index (Phi) is 4.12. The molecule has 23 heavy (non-hydrogen) atoms. The van der Waals surface area contributed by atoms with Crippen LogP contribution in [0.3, 0.4) is 0 Å². The first kappa shape index (κ1) is 15.2. The van der Waals surface area contributed by atoms with Crippen LogP contribution in [0.25, 0.3) is 5.65 Å². The molecular weight excluding hydrogens is 316 g/mol. The molecule has 0 radical (unpaired) electrons. The Labute approximate surface area is 135 Å². The minimum atomic E-state index is -0.606. The van der Waals surface area contributed by atoms with Crippen LogP contribution in [-0.2, 0) is 9.53 Å². The van der Waals surface area contributed by atoms with E-state index < -0.39 is 17.4 Å². The summed E-state index contributed by atoms with van der Waals surface area (Å²) in [6, 6.07) is 6.88. The van der Waals surface area contributed by atoms with Crippen LogP contribution < -0.4 is 5.56 Å². The van der Waals surface area contributed by atoms with E-state index in [0.29, 0.717) is 5.65 Å². The molecule has 0 unspecified atom stereocenters. The van der Waals surface area contributed by atoms with Gasteiger partial charge in [0, 0.05) is 12.1 Å². The highest BCUT2D eigenvalue weighted by atomic mass is 32.1. The Balaban J connectivity index is 2.21. The number of thiophene rings is 1. The van der Waals surface area contributed by atoms with Crippen molar-refractivity contribution in [3.8, 4) is 5.88 Å². The summed E-state index contributed by atoms with van der Waals surface area (Å²) in [5, 5.41) is 14.0. The fourth-order valence-corrected chi connectivity index (χ4v) is 3.22. The summed E-state index contributed by atoms with van der Waals surface area (Å²) in [4.78, 5) is 28.6. The van der Waals surface area contributed by atoms with Gasteiger partial charge >= 0.3 is 5.97 Å². The van der Waals surface area contributed by atoms with E-state index in [4.69, 9.17) is 4.74 Å². The summed E-state index contributed by atoms with van der Waals surface area (Å²) >= 11 is 1.45. The zero-order chi connectivity index (χ0) is 16.4. The molecule has 0 amide bonds. The van der Waals surface area contributed by atoms with Gasteiger partial charge in [0.15, 0.2) is 0 Å². The highest BCUT2D eigenvalue weighted by Gasteiger charge is 2.27. The number of rotatable bonds is 4. The van der Waals surface area contributed by atoms with Crippen LogP contribution in [0.2, 0.25) is 0 Å². The molecular formula is C16H14N2O4S. The number of carbonyl (C=O) groups excluding carboxylic acids is 1. The zero-order valence-corrected chi connectivity index (χ0v) is 13.1. The maximum atomic E-state index is 12.8. The number of fused-ring (bicyclic) bond motifs is 1. The van der Waals surface area contributed by atoms with E-state index in [1.165, 1.54) is 22.8 Å². The average Bonchev–Trinajstić information content (AvgIpc) is 3.08. The van der Waals surface area contributed by atoms with Crippen molar-refractivity contribution >= 4 is 23.0 Å². The number of carbonyl (C=O) groups is 1. The van der Waals surface area contributed by atoms with E-state index in [0.717, 1.165) is 5.56 Å². The monoisotopic (exact) mass is 330 g/mol. The minimum absolute atomic E-state index is 0.0450. The molecule has 0 aromatic carbocycles. The minimum Gasteiger partial charge on any atom is -0.493 e. The Morgan fingerprint density at radius 2 is 2.26 bits per heavy atom. The molecule has 7 heteroatoms. The molecule has 118 valence electrons. The van der Waals surface area contributed by atoms with Crippen molar-refractivity contribution in [2.24, 2.45) is 0 Å². The molecule has 1 N–H and O–H groups in total. The van der Waals surface area contributed by atoms with Crippen molar-refractivity contribution in [3.63, 3.8) is 0 Å². The van der Waals surface area contributed by atoms with Crippen molar-refractivity contribution in [2.75, 3.05) is 7.11 Å². The Hall–Kier alpha value is -2.67. The molecule has 3 aromatic heterocycles. The largest absolute Gasteiger partial charge is 0.493 e. The van der Waals surface area contributed by atoms with Crippen LogP contribution in [0.5, 0.6) is 5.88 Å². The number of hydrogen-bond donors (Lipinski definition) is 1. The van der Waals surface area contributed by atoms with Gasteiger partial charge in [-0.1, -0.05) is 6.07 Å². The van der Waals surface area contributed by atoms with Crippen LogP contribution in [0, 0.1) is 0 Å². The number of nitrogens with zero attached hydrogens (tertiary/aromatic N) is 2. The maximum Gasteiger partial charge on any atom is 0.306 e. The van der Waals surface area contributed by atoms with E-state index in [1.807, 2.05) is 16.8 Å². The van der Waals surface area contributed by atoms with Crippen molar-refractivity contribution in [1.29, 1.82) is 0 Å². The number of ether oxygens (including phenoxy) is 1. The van der Waals surface area contributed by atoms with Crippen LogP contribution in [-0.4, -0.2) is 27.6 Å². The number of hydrogen-bond acceptors (Lipinski definition) is 6. The molecule has 0 aliphatic rings. The highest BCUT2D eigenvalue weighted by molar-refractivity contribution is 7.08. The summed E-state index contributed by atoms with van der Waals surface area (Å²) in [6.07, 6.45) is 1.53. The first-order valence-electron chi connectivity index (χ1n) is 6.91. The maximum absolute atomic E-state index is 12.8. The average molecular weight is 330 g/mol. The quantitative estimate of drug-likeness (QED) is 0.741. The molecule has 0 fully saturated rings. The van der Waals surface area contributed by atoms with Crippen molar-refractivity contribution in [1.82, 2.24) is 9.38 Å². The fraction of sp³-hybridized carbons (Fsp3) is 0.188. The predicted octanol–water partition coefficient (Wildman–Crippen LogP) is 2.16. The Bertz CT molecular complexity index is 902. The molecule has 3 rings (SSSR count). The van der Waals surface area contributed by atoms with Crippen LogP contribution >= 0.6 is 11.3 Å². The second-order valence-electron chi connectivity index (χ2n) is 4.97. The second kappa shape index (κ2) is 6.21. The molecule has 0 aliphatic heterocycles. The van der Waals surface area contributed by atoms with E-state index in [9.17, 15) is 14.7 Å². The normalized spacial score (nSPS) is 12.2. The highest BCUT2D eigenvalue weighted by Crippen LogP contribution is 2.32. The van der Waals surface area contributed by atoms with E-state index in [2.05, 4.69) is 4.98 Å². The first-order chi connectivity index (χ1) is 11.1. The second-order valence-corrected chi connectivity index (χ2v) is 5.75. The smallest absolute Gasteiger partial charge is 0.306 e. The summed E-state index contributed by atoms with van der Waals surface area (Å²) < 4.78 is 6.07. The molecule has 1 atom stereocenters. The summed E-state index contributed by atoms with van der Waals surface area (Å²) in [7, 11) is 1.29. The van der Waals surface area contributed by atoms with Crippen molar-refractivity contribution < 1.29 is 14.6 Å². The molecule has 3 aromatic rings. The van der Waals surface area contributed by atoms with Gasteiger partial charge in [-0.3, -0.25) is 14.0 Å². The molecule has 0 saturated heterocycles. The first-order valence-corrected chi connectivity index (χ1v) is 7.85. The predicted molar refractivity (Wildman–Crippen MR) is 85.9 cm³/mol. The van der Waals surface area contributed by atoms with Crippen molar-refractivity contribution in [2.45, 2.75) is 12.3 Å². The van der Waals surface area contributed by atoms with Gasteiger partial charge in [0.05, 0.1) is 19.1 Å². The summed E-state index contributed by atoms with van der Waals surface area (Å²) in [5.41, 5.74) is 0.817. The van der Waals surface area contributed by atoms with Gasteiger partial charge in [-0.2, -0.15) is 16.3 Å². The lowest BCUT2D eigenvalue weighted by Crippen LogP contribution is -2.24. The third kappa shape index (κ3) is 2.83. The zero-order valence-electron chi connectivity index (χ0n) is 12.3. The standard InChI is InChI=1S/C16H14N2O4S/c1-22-13(19)8-11(10-5-7-23-9-10)14-15(20)17-12-4-2-3-6-18(12)16(14)21/h2-7,9,11,20H,8H2,1H3/t11-/m0/s1. The SMILES string of the molecule is COC(=O)C[C@@H](c1ccsc1)c1c(O)nc2ccccn2c1=O. The number of methoxy groups -OCH3 is 1. The molecule has 0 spiro atoms.